The van der Waals surface area contributed by atoms with Crippen LogP contribution < -0.4 is 10.5 Å². The zero-order valence-electron chi connectivity index (χ0n) is 10.3. The molecule has 0 fully saturated rings. The molecule has 20 heavy (non-hydrogen) atoms. The molecule has 0 atom stereocenters. The highest BCUT2D eigenvalue weighted by atomic mass is 35.5. The Hall–Kier alpha value is -1.27. The molecule has 0 saturated heterocycles. The number of halogens is 2. The third-order valence-corrected chi connectivity index (χ3v) is 4.64. The second-order valence-corrected chi connectivity index (χ2v) is 6.60. The molecule has 0 aliphatic carbocycles. The Bertz CT molecular complexity index is 716. The van der Waals surface area contributed by atoms with Gasteiger partial charge in [-0.3, -0.25) is 4.72 Å². The third-order valence-electron chi connectivity index (χ3n) is 2.64. The summed E-state index contributed by atoms with van der Waals surface area (Å²) in [6, 6.07) is 10.8. The lowest BCUT2D eigenvalue weighted by atomic mass is 10.2. The first kappa shape index (κ1) is 15.1. The van der Waals surface area contributed by atoms with Crippen molar-refractivity contribution in [3.05, 3.63) is 58.1 Å². The first-order valence-electron chi connectivity index (χ1n) is 5.69. The Balaban J connectivity index is 2.33. The molecular formula is C13H12Cl2N2O2S. The molecule has 3 N–H and O–H groups in total. The van der Waals surface area contributed by atoms with Gasteiger partial charge in [-0.15, -0.1) is 0 Å². The topological polar surface area (TPSA) is 72.2 Å². The van der Waals surface area contributed by atoms with Crippen LogP contribution in [-0.4, -0.2) is 8.42 Å². The van der Waals surface area contributed by atoms with E-state index in [1.54, 1.807) is 24.3 Å². The first-order chi connectivity index (χ1) is 9.42. The molecule has 0 bridgehead atoms. The highest BCUT2D eigenvalue weighted by Crippen LogP contribution is 2.22. The van der Waals surface area contributed by atoms with E-state index in [2.05, 4.69) is 4.72 Å². The average Bonchev–Trinajstić information content (AvgIpc) is 2.41. The van der Waals surface area contributed by atoms with Gasteiger partial charge in [0, 0.05) is 22.3 Å². The number of sulfonamides is 1. The van der Waals surface area contributed by atoms with E-state index in [0.29, 0.717) is 21.3 Å². The predicted molar refractivity (Wildman–Crippen MR) is 81.6 cm³/mol. The Morgan fingerprint density at radius 1 is 1.05 bits per heavy atom. The van der Waals surface area contributed by atoms with Crippen molar-refractivity contribution in [2.45, 2.75) is 11.4 Å². The molecule has 0 radical (unpaired) electrons. The second kappa shape index (κ2) is 6.01. The third kappa shape index (κ3) is 3.43. The SMILES string of the molecule is NCc1cc(S(=O)(=O)Nc2ccc(Cl)cc2)ccc1Cl. The van der Waals surface area contributed by atoms with E-state index in [0.717, 1.165) is 0 Å². The number of nitrogens with one attached hydrogen (secondary N) is 1. The average molecular weight is 331 g/mol. The van der Waals surface area contributed by atoms with Crippen molar-refractivity contribution in [1.82, 2.24) is 0 Å². The molecule has 2 aromatic rings. The van der Waals surface area contributed by atoms with Crippen LogP contribution in [0.5, 0.6) is 0 Å². The van der Waals surface area contributed by atoms with Gasteiger partial charge in [0.1, 0.15) is 0 Å². The summed E-state index contributed by atoms with van der Waals surface area (Å²) in [5.74, 6) is 0. The number of hydrogen-bond acceptors (Lipinski definition) is 3. The zero-order chi connectivity index (χ0) is 14.8. The van der Waals surface area contributed by atoms with Crippen LogP contribution in [0.25, 0.3) is 0 Å². The molecule has 4 nitrogen and oxygen atoms in total. The van der Waals surface area contributed by atoms with Crippen molar-refractivity contribution in [1.29, 1.82) is 0 Å². The van der Waals surface area contributed by atoms with E-state index in [1.807, 2.05) is 0 Å². The second-order valence-electron chi connectivity index (χ2n) is 4.07. The number of nitrogens with two attached hydrogens (primary N) is 1. The molecule has 0 unspecified atom stereocenters. The molecule has 0 spiro atoms. The minimum atomic E-state index is -3.68. The Kier molecular flexibility index (Phi) is 4.55. The lowest BCUT2D eigenvalue weighted by Crippen LogP contribution is -2.13. The van der Waals surface area contributed by atoms with Gasteiger partial charge in [0.05, 0.1) is 4.90 Å². The number of rotatable bonds is 4. The van der Waals surface area contributed by atoms with Gasteiger partial charge in [0.15, 0.2) is 0 Å². The Morgan fingerprint density at radius 3 is 2.30 bits per heavy atom. The molecule has 0 aromatic heterocycles. The van der Waals surface area contributed by atoms with Crippen molar-refractivity contribution in [3.8, 4) is 0 Å². The minimum absolute atomic E-state index is 0.109. The standard InChI is InChI=1S/C13H12Cl2N2O2S/c14-10-1-3-11(4-2-10)17-20(18,19)12-5-6-13(15)9(7-12)8-16/h1-7,17H,8,16H2. The highest BCUT2D eigenvalue weighted by Gasteiger charge is 2.15. The van der Waals surface area contributed by atoms with Gasteiger partial charge < -0.3 is 5.73 Å². The molecule has 0 saturated carbocycles. The lowest BCUT2D eigenvalue weighted by molar-refractivity contribution is 0.601. The van der Waals surface area contributed by atoms with E-state index < -0.39 is 10.0 Å². The maximum absolute atomic E-state index is 12.2. The lowest BCUT2D eigenvalue weighted by Gasteiger charge is -2.10. The summed E-state index contributed by atoms with van der Waals surface area (Å²) < 4.78 is 26.9. The van der Waals surface area contributed by atoms with Gasteiger partial charge >= 0.3 is 0 Å². The van der Waals surface area contributed by atoms with Crippen molar-refractivity contribution in [2.24, 2.45) is 5.73 Å². The van der Waals surface area contributed by atoms with Crippen LogP contribution in [0.15, 0.2) is 47.4 Å². The molecule has 106 valence electrons. The fraction of sp³-hybridized carbons (Fsp3) is 0.0769. The number of benzene rings is 2. The quantitative estimate of drug-likeness (QED) is 0.903. The van der Waals surface area contributed by atoms with Crippen LogP contribution in [0.2, 0.25) is 10.0 Å². The summed E-state index contributed by atoms with van der Waals surface area (Å²) >= 11 is 11.7. The smallest absolute Gasteiger partial charge is 0.261 e. The van der Waals surface area contributed by atoms with Crippen LogP contribution in [0.3, 0.4) is 0 Å². The van der Waals surface area contributed by atoms with Crippen LogP contribution in [0.1, 0.15) is 5.56 Å². The van der Waals surface area contributed by atoms with Crippen molar-refractivity contribution < 1.29 is 8.42 Å². The Labute approximate surface area is 127 Å². The monoisotopic (exact) mass is 330 g/mol. The van der Waals surface area contributed by atoms with Crippen molar-refractivity contribution in [3.63, 3.8) is 0 Å². The molecule has 0 amide bonds. The summed E-state index contributed by atoms with van der Waals surface area (Å²) in [6.45, 7) is 0.170. The molecule has 7 heteroatoms. The molecule has 2 aromatic carbocycles. The van der Waals surface area contributed by atoms with E-state index in [-0.39, 0.29) is 11.4 Å². The summed E-state index contributed by atoms with van der Waals surface area (Å²) in [5.41, 5.74) is 6.52. The minimum Gasteiger partial charge on any atom is -0.326 e. The number of anilines is 1. The molecule has 2 rings (SSSR count). The normalized spacial score (nSPS) is 11.3. The highest BCUT2D eigenvalue weighted by molar-refractivity contribution is 7.92. The van der Waals surface area contributed by atoms with E-state index in [9.17, 15) is 8.42 Å². The van der Waals surface area contributed by atoms with Crippen LogP contribution >= 0.6 is 23.2 Å². The van der Waals surface area contributed by atoms with Gasteiger partial charge in [-0.05, 0) is 48.0 Å². The summed E-state index contributed by atoms with van der Waals surface area (Å²) in [4.78, 5) is 0.109. The molecule has 0 aliphatic rings. The first-order valence-corrected chi connectivity index (χ1v) is 7.93. The fourth-order valence-electron chi connectivity index (χ4n) is 1.61. The van der Waals surface area contributed by atoms with E-state index in [1.165, 1.54) is 18.2 Å². The van der Waals surface area contributed by atoms with Gasteiger partial charge in [-0.2, -0.15) is 0 Å². The summed E-state index contributed by atoms with van der Waals surface area (Å²) in [7, 11) is -3.68. The van der Waals surface area contributed by atoms with Gasteiger partial charge in [0.25, 0.3) is 10.0 Å². The van der Waals surface area contributed by atoms with Crippen LogP contribution in [0, 0.1) is 0 Å². The van der Waals surface area contributed by atoms with Crippen LogP contribution in [-0.2, 0) is 16.6 Å². The molecule has 0 heterocycles. The summed E-state index contributed by atoms with van der Waals surface area (Å²) in [5, 5.41) is 0.975. The van der Waals surface area contributed by atoms with E-state index >= 15 is 0 Å². The van der Waals surface area contributed by atoms with Crippen molar-refractivity contribution in [2.75, 3.05) is 4.72 Å². The Morgan fingerprint density at radius 2 is 1.70 bits per heavy atom. The predicted octanol–water partition coefficient (Wildman–Crippen LogP) is 3.25. The van der Waals surface area contributed by atoms with Gasteiger partial charge in [-0.25, -0.2) is 8.42 Å². The van der Waals surface area contributed by atoms with Gasteiger partial charge in [-0.1, -0.05) is 23.2 Å². The maximum Gasteiger partial charge on any atom is 0.261 e. The number of hydrogen-bond donors (Lipinski definition) is 2. The van der Waals surface area contributed by atoms with Crippen molar-refractivity contribution >= 4 is 38.9 Å². The molecular weight excluding hydrogens is 319 g/mol. The fourth-order valence-corrected chi connectivity index (χ4v) is 3.04. The van der Waals surface area contributed by atoms with Crippen LogP contribution in [0.4, 0.5) is 5.69 Å². The van der Waals surface area contributed by atoms with E-state index in [4.69, 9.17) is 28.9 Å². The maximum atomic E-state index is 12.2. The largest absolute Gasteiger partial charge is 0.326 e. The summed E-state index contributed by atoms with van der Waals surface area (Å²) in [6.07, 6.45) is 0. The molecule has 0 aliphatic heterocycles. The zero-order valence-corrected chi connectivity index (χ0v) is 12.6. The van der Waals surface area contributed by atoms with Gasteiger partial charge in [0.2, 0.25) is 0 Å².